The van der Waals surface area contributed by atoms with Gasteiger partial charge in [-0.15, -0.1) is 6.58 Å². The number of rotatable bonds is 2. The van der Waals surface area contributed by atoms with E-state index in [-0.39, 0.29) is 6.10 Å². The van der Waals surface area contributed by atoms with E-state index in [0.29, 0.717) is 0 Å². The third-order valence-electron chi connectivity index (χ3n) is 0.879. The van der Waals surface area contributed by atoms with Gasteiger partial charge < -0.3 is 5.11 Å². The first kappa shape index (κ1) is 11.5. The number of aliphatic hydroxyl groups excluding tert-OH is 1. The summed E-state index contributed by atoms with van der Waals surface area (Å²) in [5.74, 6) is 0. The second kappa shape index (κ2) is 10.6. The largest absolute Gasteiger partial charge is 0.393 e. The highest BCUT2D eigenvalue weighted by atomic mass is 16.3. The van der Waals surface area contributed by atoms with E-state index < -0.39 is 0 Å². The molecule has 0 saturated carbocycles. The summed E-state index contributed by atoms with van der Waals surface area (Å²) in [6.07, 6.45) is 3.70. The zero-order valence-corrected chi connectivity index (χ0v) is 6.72. The minimum atomic E-state index is -0.116. The molecule has 0 spiro atoms. The van der Waals surface area contributed by atoms with Gasteiger partial charge in [0.25, 0.3) is 0 Å². The Balaban J connectivity index is 0. The Morgan fingerprint density at radius 3 is 1.78 bits per heavy atom. The molecule has 1 unspecified atom stereocenters. The van der Waals surface area contributed by atoms with Crippen molar-refractivity contribution in [2.75, 3.05) is 0 Å². The predicted octanol–water partition coefficient (Wildman–Crippen LogP) is 2.36. The molecule has 0 aromatic rings. The Labute approximate surface area is 58.4 Å². The molecule has 0 amide bonds. The van der Waals surface area contributed by atoms with Crippen LogP contribution in [0.4, 0.5) is 0 Å². The molecule has 1 atom stereocenters. The zero-order valence-electron chi connectivity index (χ0n) is 6.72. The highest BCUT2D eigenvalue weighted by Gasteiger charge is 1.81. The van der Waals surface area contributed by atoms with Crippen molar-refractivity contribution in [3.63, 3.8) is 0 Å². The summed E-state index contributed by atoms with van der Waals surface area (Å²) in [7, 11) is 0. The Morgan fingerprint density at radius 2 is 1.78 bits per heavy atom. The first-order valence-electron chi connectivity index (χ1n) is 3.47. The van der Waals surface area contributed by atoms with Crippen LogP contribution in [0, 0.1) is 0 Å². The summed E-state index contributed by atoms with van der Waals surface area (Å²) >= 11 is 0. The lowest BCUT2D eigenvalue weighted by molar-refractivity contribution is 0.191. The van der Waals surface area contributed by atoms with Gasteiger partial charge in [-0.2, -0.15) is 0 Å². The Bertz CT molecular complexity index is 48.5. The summed E-state index contributed by atoms with van der Waals surface area (Å²) in [4.78, 5) is 0. The molecule has 0 aliphatic carbocycles. The summed E-state index contributed by atoms with van der Waals surface area (Å²) in [6.45, 7) is 9.27. The molecule has 0 aliphatic rings. The van der Waals surface area contributed by atoms with Crippen LogP contribution in [0.25, 0.3) is 0 Å². The van der Waals surface area contributed by atoms with Crippen molar-refractivity contribution in [3.05, 3.63) is 12.7 Å². The second-order valence-electron chi connectivity index (χ2n) is 1.95. The van der Waals surface area contributed by atoms with E-state index in [1.807, 2.05) is 13.0 Å². The molecular weight excluding hydrogens is 112 g/mol. The normalized spacial score (nSPS) is 11.1. The lowest BCUT2D eigenvalue weighted by Gasteiger charge is -1.90. The lowest BCUT2D eigenvalue weighted by atomic mass is 10.3. The maximum Gasteiger partial charge on any atom is 0.0509 e. The zero-order chi connectivity index (χ0) is 7.70. The number of allylic oxidation sites excluding steroid dienone is 1. The molecule has 0 bridgehead atoms. The molecule has 0 heterocycles. The molecule has 0 fully saturated rings. The average Bonchev–Trinajstić information content (AvgIpc) is 1.89. The maximum absolute atomic E-state index is 8.36. The summed E-state index contributed by atoms with van der Waals surface area (Å²) < 4.78 is 0. The number of hydrogen-bond acceptors (Lipinski definition) is 1. The summed E-state index contributed by atoms with van der Waals surface area (Å²) in [5.41, 5.74) is 0. The van der Waals surface area contributed by atoms with Crippen LogP contribution in [0.5, 0.6) is 0 Å². The van der Waals surface area contributed by atoms with E-state index in [1.165, 1.54) is 0 Å². The molecule has 1 N–H and O–H groups in total. The molecular formula is C8H18O. The van der Waals surface area contributed by atoms with Gasteiger partial charge in [0.05, 0.1) is 6.10 Å². The first-order valence-corrected chi connectivity index (χ1v) is 3.47. The predicted molar refractivity (Wildman–Crippen MR) is 42.5 cm³/mol. The quantitative estimate of drug-likeness (QED) is 0.569. The molecule has 0 aromatic heterocycles. The SMILES string of the molecule is C=CCC.CCC(C)O. The molecule has 0 saturated heterocycles. The molecule has 56 valence electrons. The summed E-state index contributed by atoms with van der Waals surface area (Å²) in [6, 6.07) is 0. The van der Waals surface area contributed by atoms with Crippen LogP contribution in [0.3, 0.4) is 0 Å². The molecule has 0 radical (unpaired) electrons. The fourth-order valence-electron chi connectivity index (χ4n) is 0. The fraction of sp³-hybridized carbons (Fsp3) is 0.750. The van der Waals surface area contributed by atoms with Crippen LogP contribution < -0.4 is 0 Å². The van der Waals surface area contributed by atoms with Crippen LogP contribution in [-0.4, -0.2) is 11.2 Å². The van der Waals surface area contributed by atoms with Crippen LogP contribution in [-0.2, 0) is 0 Å². The average molecular weight is 130 g/mol. The van der Waals surface area contributed by atoms with Gasteiger partial charge in [0.2, 0.25) is 0 Å². The van der Waals surface area contributed by atoms with Crippen molar-refractivity contribution in [2.45, 2.75) is 39.7 Å². The lowest BCUT2D eigenvalue weighted by Crippen LogP contribution is -1.93. The van der Waals surface area contributed by atoms with Crippen molar-refractivity contribution >= 4 is 0 Å². The Hall–Kier alpha value is -0.300. The van der Waals surface area contributed by atoms with E-state index in [4.69, 9.17) is 5.11 Å². The second-order valence-corrected chi connectivity index (χ2v) is 1.95. The van der Waals surface area contributed by atoms with Crippen LogP contribution in [0.15, 0.2) is 12.7 Å². The van der Waals surface area contributed by atoms with Gasteiger partial charge >= 0.3 is 0 Å². The Morgan fingerprint density at radius 1 is 1.56 bits per heavy atom. The number of aliphatic hydroxyl groups is 1. The third-order valence-corrected chi connectivity index (χ3v) is 0.879. The van der Waals surface area contributed by atoms with Gasteiger partial charge in [-0.05, 0) is 19.8 Å². The molecule has 0 aliphatic heterocycles. The smallest absolute Gasteiger partial charge is 0.0509 e. The highest BCUT2D eigenvalue weighted by Crippen LogP contribution is 1.81. The topological polar surface area (TPSA) is 20.2 Å². The standard InChI is InChI=1S/C4H10O.C4H8/c1-3-4(2)5;1-3-4-2/h4-5H,3H2,1-2H3;3H,1,4H2,2H3. The van der Waals surface area contributed by atoms with E-state index in [9.17, 15) is 0 Å². The van der Waals surface area contributed by atoms with Gasteiger partial charge in [0, 0.05) is 0 Å². The minimum absolute atomic E-state index is 0.116. The van der Waals surface area contributed by atoms with E-state index in [0.717, 1.165) is 12.8 Å². The van der Waals surface area contributed by atoms with Crippen LogP contribution in [0.2, 0.25) is 0 Å². The highest BCUT2D eigenvalue weighted by molar-refractivity contribution is 4.60. The van der Waals surface area contributed by atoms with Crippen molar-refractivity contribution in [3.8, 4) is 0 Å². The maximum atomic E-state index is 8.36. The van der Waals surface area contributed by atoms with Crippen molar-refractivity contribution in [1.29, 1.82) is 0 Å². The first-order chi connectivity index (χ1) is 4.18. The number of hydrogen-bond donors (Lipinski definition) is 1. The van der Waals surface area contributed by atoms with Crippen LogP contribution >= 0.6 is 0 Å². The Kier molecular flexibility index (Phi) is 13.6. The van der Waals surface area contributed by atoms with Gasteiger partial charge in [-0.1, -0.05) is 19.9 Å². The van der Waals surface area contributed by atoms with Gasteiger partial charge in [-0.25, -0.2) is 0 Å². The van der Waals surface area contributed by atoms with Crippen molar-refractivity contribution < 1.29 is 5.11 Å². The third kappa shape index (κ3) is 34.3. The molecule has 0 aromatic carbocycles. The van der Waals surface area contributed by atoms with Gasteiger partial charge in [0.1, 0.15) is 0 Å². The van der Waals surface area contributed by atoms with E-state index in [1.54, 1.807) is 6.92 Å². The van der Waals surface area contributed by atoms with Gasteiger partial charge in [-0.3, -0.25) is 0 Å². The van der Waals surface area contributed by atoms with E-state index >= 15 is 0 Å². The molecule has 0 rings (SSSR count). The molecule has 1 nitrogen and oxygen atoms in total. The van der Waals surface area contributed by atoms with E-state index in [2.05, 4.69) is 13.5 Å². The molecule has 9 heavy (non-hydrogen) atoms. The molecule has 1 heteroatoms. The van der Waals surface area contributed by atoms with Gasteiger partial charge in [0.15, 0.2) is 0 Å². The minimum Gasteiger partial charge on any atom is -0.393 e. The fourth-order valence-corrected chi connectivity index (χ4v) is 0. The summed E-state index contributed by atoms with van der Waals surface area (Å²) in [5, 5.41) is 8.36. The van der Waals surface area contributed by atoms with Crippen molar-refractivity contribution in [2.24, 2.45) is 0 Å². The van der Waals surface area contributed by atoms with Crippen molar-refractivity contribution in [1.82, 2.24) is 0 Å². The monoisotopic (exact) mass is 130 g/mol. The van der Waals surface area contributed by atoms with Crippen LogP contribution in [0.1, 0.15) is 33.6 Å².